The lowest BCUT2D eigenvalue weighted by Crippen LogP contribution is -2.31. The van der Waals surface area contributed by atoms with Gasteiger partial charge in [0.15, 0.2) is 0 Å². The minimum atomic E-state index is -0.387. The van der Waals surface area contributed by atoms with Crippen LogP contribution in [0.25, 0.3) is 0 Å². The predicted molar refractivity (Wildman–Crippen MR) is 82.2 cm³/mol. The molecule has 2 nitrogen and oxygen atoms in total. The molecule has 0 spiro atoms. The first-order chi connectivity index (χ1) is 9.60. The molecule has 0 heterocycles. The van der Waals surface area contributed by atoms with Crippen LogP contribution in [-0.4, -0.2) is 12.5 Å². The normalized spacial score (nSPS) is 22.6. The zero-order valence-electron chi connectivity index (χ0n) is 11.8. The van der Waals surface area contributed by atoms with Crippen LogP contribution in [0.4, 0.5) is 4.39 Å². The van der Waals surface area contributed by atoms with Gasteiger partial charge in [0.05, 0.1) is 5.56 Å². The smallest absolute Gasteiger partial charge is 0.252 e. The summed E-state index contributed by atoms with van der Waals surface area (Å²) in [6, 6.07) is 4.18. The lowest BCUT2D eigenvalue weighted by molar-refractivity contribution is 0.0940. The molecule has 0 radical (unpaired) electrons. The van der Waals surface area contributed by atoms with E-state index < -0.39 is 0 Å². The molecule has 0 saturated heterocycles. The van der Waals surface area contributed by atoms with Crippen LogP contribution in [0.15, 0.2) is 22.7 Å². The third-order valence-corrected chi connectivity index (χ3v) is 4.96. The minimum Gasteiger partial charge on any atom is -0.352 e. The van der Waals surface area contributed by atoms with Gasteiger partial charge in [-0.15, -0.1) is 0 Å². The van der Waals surface area contributed by atoms with Crippen molar-refractivity contribution in [2.24, 2.45) is 11.8 Å². The summed E-state index contributed by atoms with van der Waals surface area (Å²) in [5.41, 5.74) is 0.368. The fourth-order valence-corrected chi connectivity index (χ4v) is 3.27. The van der Waals surface area contributed by atoms with Gasteiger partial charge < -0.3 is 5.32 Å². The number of carbonyl (C=O) groups excluding carboxylic acids is 1. The Morgan fingerprint density at radius 1 is 1.30 bits per heavy atom. The summed E-state index contributed by atoms with van der Waals surface area (Å²) < 4.78 is 13.8. The van der Waals surface area contributed by atoms with Gasteiger partial charge in [0.25, 0.3) is 5.91 Å². The maximum atomic E-state index is 13.2. The first-order valence-corrected chi connectivity index (χ1v) is 8.12. The van der Waals surface area contributed by atoms with Crippen molar-refractivity contribution in [2.45, 2.75) is 39.0 Å². The quantitative estimate of drug-likeness (QED) is 0.856. The molecular weight excluding hydrogens is 321 g/mol. The molecule has 1 aliphatic rings. The van der Waals surface area contributed by atoms with Crippen LogP contribution in [0.2, 0.25) is 0 Å². The van der Waals surface area contributed by atoms with Crippen molar-refractivity contribution < 1.29 is 9.18 Å². The Labute approximate surface area is 128 Å². The first-order valence-electron chi connectivity index (χ1n) is 7.33. The molecule has 1 fully saturated rings. The van der Waals surface area contributed by atoms with Crippen molar-refractivity contribution in [2.75, 3.05) is 6.54 Å². The Morgan fingerprint density at radius 2 is 1.95 bits per heavy atom. The molecule has 1 saturated carbocycles. The topological polar surface area (TPSA) is 29.1 Å². The molecular formula is C16H21BrFNO. The Kier molecular flexibility index (Phi) is 5.58. The van der Waals surface area contributed by atoms with Gasteiger partial charge in [-0.1, -0.05) is 26.2 Å². The molecule has 1 aliphatic carbocycles. The van der Waals surface area contributed by atoms with Gasteiger partial charge in [0, 0.05) is 11.0 Å². The van der Waals surface area contributed by atoms with Gasteiger partial charge in [-0.05, 0) is 58.8 Å². The van der Waals surface area contributed by atoms with Crippen molar-refractivity contribution in [1.82, 2.24) is 5.32 Å². The molecule has 20 heavy (non-hydrogen) atoms. The molecule has 4 heteroatoms. The van der Waals surface area contributed by atoms with E-state index in [9.17, 15) is 9.18 Å². The number of nitrogens with one attached hydrogen (secondary N) is 1. The van der Waals surface area contributed by atoms with Crippen molar-refractivity contribution >= 4 is 21.8 Å². The van der Waals surface area contributed by atoms with Crippen molar-refractivity contribution in [3.05, 3.63) is 34.1 Å². The molecule has 0 aliphatic heterocycles. The second kappa shape index (κ2) is 7.21. The molecule has 1 aromatic rings. The zero-order chi connectivity index (χ0) is 14.5. The number of benzene rings is 1. The van der Waals surface area contributed by atoms with Crippen LogP contribution < -0.4 is 5.32 Å². The largest absolute Gasteiger partial charge is 0.352 e. The monoisotopic (exact) mass is 341 g/mol. The lowest BCUT2D eigenvalue weighted by atomic mass is 9.81. The Bertz CT molecular complexity index is 470. The van der Waals surface area contributed by atoms with E-state index in [0.29, 0.717) is 22.5 Å². The van der Waals surface area contributed by atoms with E-state index >= 15 is 0 Å². The van der Waals surface area contributed by atoms with Gasteiger partial charge >= 0.3 is 0 Å². The van der Waals surface area contributed by atoms with E-state index in [1.54, 1.807) is 6.07 Å². The highest BCUT2D eigenvalue weighted by Gasteiger charge is 2.21. The predicted octanol–water partition coefficient (Wildman–Crippen LogP) is 4.53. The summed E-state index contributed by atoms with van der Waals surface area (Å²) in [4.78, 5) is 12.1. The minimum absolute atomic E-state index is 0.200. The first kappa shape index (κ1) is 15.5. The second-order valence-electron chi connectivity index (χ2n) is 5.63. The van der Waals surface area contributed by atoms with Crippen LogP contribution in [0.3, 0.4) is 0 Å². The number of halogens is 2. The molecule has 0 aromatic heterocycles. The van der Waals surface area contributed by atoms with Gasteiger partial charge in [-0.25, -0.2) is 4.39 Å². The van der Waals surface area contributed by atoms with Crippen LogP contribution in [0.5, 0.6) is 0 Å². The number of hydrogen-bond acceptors (Lipinski definition) is 1. The van der Waals surface area contributed by atoms with E-state index in [2.05, 4.69) is 28.2 Å². The molecule has 1 aromatic carbocycles. The van der Waals surface area contributed by atoms with E-state index in [0.717, 1.165) is 5.92 Å². The maximum absolute atomic E-state index is 13.2. The van der Waals surface area contributed by atoms with E-state index in [4.69, 9.17) is 0 Å². The van der Waals surface area contributed by atoms with Crippen molar-refractivity contribution in [1.29, 1.82) is 0 Å². The molecule has 1 amide bonds. The Hall–Kier alpha value is -0.900. The van der Waals surface area contributed by atoms with Crippen LogP contribution in [-0.2, 0) is 0 Å². The summed E-state index contributed by atoms with van der Waals surface area (Å²) in [5.74, 6) is 0.837. The summed E-state index contributed by atoms with van der Waals surface area (Å²) in [6.07, 6.45) is 6.16. The zero-order valence-corrected chi connectivity index (χ0v) is 13.4. The standard InChI is InChI=1S/C16H21BrFNO/c1-2-11-3-5-12(6-4-11)10-19-16(20)14-9-13(18)7-8-15(14)17/h7-9,11-12H,2-6,10H2,1H3,(H,19,20). The lowest BCUT2D eigenvalue weighted by Gasteiger charge is -2.27. The average Bonchev–Trinajstić information content (AvgIpc) is 2.47. The third kappa shape index (κ3) is 4.05. The summed E-state index contributed by atoms with van der Waals surface area (Å²) in [7, 11) is 0. The Balaban J connectivity index is 1.85. The third-order valence-electron chi connectivity index (χ3n) is 4.27. The molecule has 0 unspecified atom stereocenters. The highest BCUT2D eigenvalue weighted by atomic mass is 79.9. The van der Waals surface area contributed by atoms with Gasteiger partial charge in [0.1, 0.15) is 5.82 Å². The van der Waals surface area contributed by atoms with Crippen molar-refractivity contribution in [3.8, 4) is 0 Å². The fraction of sp³-hybridized carbons (Fsp3) is 0.562. The number of rotatable bonds is 4. The van der Waals surface area contributed by atoms with Crippen molar-refractivity contribution in [3.63, 3.8) is 0 Å². The highest BCUT2D eigenvalue weighted by molar-refractivity contribution is 9.10. The van der Waals surface area contributed by atoms with Crippen LogP contribution in [0.1, 0.15) is 49.4 Å². The summed E-state index contributed by atoms with van der Waals surface area (Å²) >= 11 is 3.29. The highest BCUT2D eigenvalue weighted by Crippen LogP contribution is 2.30. The van der Waals surface area contributed by atoms with E-state index in [-0.39, 0.29) is 11.7 Å². The Morgan fingerprint density at radius 3 is 2.60 bits per heavy atom. The molecule has 1 N–H and O–H groups in total. The van der Waals surface area contributed by atoms with Gasteiger partial charge in [-0.3, -0.25) is 4.79 Å². The van der Waals surface area contributed by atoms with E-state index in [1.165, 1.54) is 44.2 Å². The average molecular weight is 342 g/mol. The molecule has 0 bridgehead atoms. The molecule has 0 atom stereocenters. The maximum Gasteiger partial charge on any atom is 0.252 e. The van der Waals surface area contributed by atoms with Gasteiger partial charge in [-0.2, -0.15) is 0 Å². The van der Waals surface area contributed by atoms with E-state index in [1.807, 2.05) is 0 Å². The number of hydrogen-bond donors (Lipinski definition) is 1. The second-order valence-corrected chi connectivity index (χ2v) is 6.48. The SMILES string of the molecule is CCC1CCC(CNC(=O)c2cc(F)ccc2Br)CC1. The van der Waals surface area contributed by atoms with Gasteiger partial charge in [0.2, 0.25) is 0 Å². The van der Waals surface area contributed by atoms with Crippen LogP contribution in [0, 0.1) is 17.7 Å². The molecule has 110 valence electrons. The fourth-order valence-electron chi connectivity index (χ4n) is 2.85. The summed E-state index contributed by atoms with van der Waals surface area (Å²) in [6.45, 7) is 2.94. The number of amides is 1. The van der Waals surface area contributed by atoms with Crippen LogP contribution >= 0.6 is 15.9 Å². The molecule has 2 rings (SSSR count). The number of carbonyl (C=O) groups is 1. The summed E-state index contributed by atoms with van der Waals surface area (Å²) in [5, 5.41) is 2.93.